The standard InChI is InChI=1S/C32H49NO4S2/c1-31(2)25-19-20-32(31,29(21-25)38-30(34)22-28(37-3)24-13-7-4-8-14-24)23-39(35,36)33(26-15-9-5-10-16-26)27-17-11-6-12-18-27/h4,7-8,13-14,25-29H,5-6,9-12,15-23H2,1-3H3. The third kappa shape index (κ3) is 5.89. The molecule has 5 nitrogen and oxygen atoms in total. The van der Waals surface area contributed by atoms with Gasteiger partial charge in [-0.3, -0.25) is 4.79 Å². The van der Waals surface area contributed by atoms with Crippen LogP contribution in [0.3, 0.4) is 0 Å². The molecule has 218 valence electrons. The Labute approximate surface area is 241 Å². The molecule has 4 fully saturated rings. The quantitative estimate of drug-likeness (QED) is 0.289. The highest BCUT2D eigenvalue weighted by Crippen LogP contribution is 2.69. The number of hydrogen-bond donors (Lipinski definition) is 0. The molecule has 7 heteroatoms. The molecule has 1 aromatic carbocycles. The number of nitrogens with zero attached hydrogens (tertiary/aromatic N) is 1. The summed E-state index contributed by atoms with van der Waals surface area (Å²) in [4.78, 5) is 13.5. The van der Waals surface area contributed by atoms with E-state index in [1.54, 1.807) is 7.11 Å². The number of sulfonamides is 1. The van der Waals surface area contributed by atoms with Crippen molar-refractivity contribution in [2.24, 2.45) is 16.7 Å². The largest absolute Gasteiger partial charge is 0.376 e. The second-order valence-electron chi connectivity index (χ2n) is 13.3. The fourth-order valence-corrected chi connectivity index (χ4v) is 13.3. The minimum absolute atomic E-state index is 0.0429. The van der Waals surface area contributed by atoms with E-state index in [0.717, 1.165) is 76.2 Å². The van der Waals surface area contributed by atoms with Crippen LogP contribution in [0.25, 0.3) is 0 Å². The molecule has 0 radical (unpaired) electrons. The van der Waals surface area contributed by atoms with E-state index in [1.807, 2.05) is 34.6 Å². The summed E-state index contributed by atoms with van der Waals surface area (Å²) in [6.07, 6.45) is 14.0. The van der Waals surface area contributed by atoms with Crippen LogP contribution < -0.4 is 0 Å². The second kappa shape index (κ2) is 12.1. The molecule has 4 aliphatic rings. The van der Waals surface area contributed by atoms with E-state index in [0.29, 0.717) is 12.3 Å². The number of carbonyl (C=O) groups excluding carboxylic acids is 1. The van der Waals surface area contributed by atoms with Crippen LogP contribution in [-0.2, 0) is 19.6 Å². The zero-order valence-corrected chi connectivity index (χ0v) is 25.9. The van der Waals surface area contributed by atoms with Gasteiger partial charge in [0.25, 0.3) is 0 Å². The topological polar surface area (TPSA) is 63.7 Å². The first-order chi connectivity index (χ1) is 18.7. The van der Waals surface area contributed by atoms with E-state index < -0.39 is 10.0 Å². The van der Waals surface area contributed by atoms with Crippen molar-refractivity contribution in [3.05, 3.63) is 35.9 Å². The Bertz CT molecular complexity index is 1060. The summed E-state index contributed by atoms with van der Waals surface area (Å²) < 4.78 is 37.0. The van der Waals surface area contributed by atoms with Crippen molar-refractivity contribution in [1.29, 1.82) is 0 Å². The van der Waals surface area contributed by atoms with Crippen LogP contribution in [-0.4, -0.2) is 48.0 Å². The molecular weight excluding hydrogens is 526 g/mol. The predicted octanol–water partition coefficient (Wildman–Crippen LogP) is 7.52. The highest BCUT2D eigenvalue weighted by atomic mass is 32.2. The second-order valence-corrected chi connectivity index (χ2v) is 16.5. The average Bonchev–Trinajstić information content (AvgIpc) is 3.28. The molecule has 4 unspecified atom stereocenters. The van der Waals surface area contributed by atoms with Crippen LogP contribution in [0.2, 0.25) is 0 Å². The molecule has 39 heavy (non-hydrogen) atoms. The molecule has 0 heterocycles. The smallest absolute Gasteiger partial charge is 0.215 e. The Hall–Kier alpha value is -0.890. The Balaban J connectivity index is 1.38. The first kappa shape index (κ1) is 29.6. The van der Waals surface area contributed by atoms with Crippen LogP contribution in [0, 0.1) is 16.7 Å². The van der Waals surface area contributed by atoms with E-state index in [4.69, 9.17) is 4.74 Å². The minimum atomic E-state index is -3.48. The molecule has 4 aliphatic carbocycles. The lowest BCUT2D eigenvalue weighted by Crippen LogP contribution is -2.54. The van der Waals surface area contributed by atoms with Crippen LogP contribution >= 0.6 is 11.8 Å². The maximum Gasteiger partial charge on any atom is 0.215 e. The number of rotatable bonds is 10. The summed E-state index contributed by atoms with van der Waals surface area (Å²) in [6, 6.07) is 10.2. The number of fused-ring (bicyclic) bond motifs is 2. The Morgan fingerprint density at radius 1 is 0.974 bits per heavy atom. The summed E-state index contributed by atoms with van der Waals surface area (Å²) in [5, 5.41) is 0.161. The van der Waals surface area contributed by atoms with Gasteiger partial charge in [-0.15, -0.1) is 0 Å². The summed E-state index contributed by atoms with van der Waals surface area (Å²) in [7, 11) is -1.81. The molecule has 0 amide bonds. The third-order valence-corrected chi connectivity index (χ3v) is 14.5. The number of ether oxygens (including phenoxy) is 1. The van der Waals surface area contributed by atoms with Crippen molar-refractivity contribution in [1.82, 2.24) is 4.31 Å². The molecule has 1 aromatic rings. The van der Waals surface area contributed by atoms with Gasteiger partial charge in [0, 0.05) is 36.3 Å². The first-order valence-corrected chi connectivity index (χ1v) is 18.0. The van der Waals surface area contributed by atoms with Crippen LogP contribution in [0.1, 0.15) is 115 Å². The summed E-state index contributed by atoms with van der Waals surface area (Å²) in [5.41, 5.74) is 0.548. The van der Waals surface area contributed by atoms with Gasteiger partial charge in [0.2, 0.25) is 10.0 Å². The summed E-state index contributed by atoms with van der Waals surface area (Å²) in [5.74, 6) is 0.677. The fourth-order valence-electron chi connectivity index (χ4n) is 8.69. The van der Waals surface area contributed by atoms with Gasteiger partial charge in [0.05, 0.1) is 11.9 Å². The first-order valence-electron chi connectivity index (χ1n) is 15.5. The number of methoxy groups -OCH3 is 1. The zero-order valence-electron chi connectivity index (χ0n) is 24.3. The van der Waals surface area contributed by atoms with Gasteiger partial charge in [-0.25, -0.2) is 8.42 Å². The van der Waals surface area contributed by atoms with E-state index in [2.05, 4.69) is 13.8 Å². The molecule has 0 aliphatic heterocycles. The van der Waals surface area contributed by atoms with Gasteiger partial charge in [-0.1, -0.05) is 94.5 Å². The van der Waals surface area contributed by atoms with Gasteiger partial charge in [0.1, 0.15) is 0 Å². The molecule has 4 atom stereocenters. The summed E-state index contributed by atoms with van der Waals surface area (Å²) in [6.45, 7) is 4.58. The van der Waals surface area contributed by atoms with Gasteiger partial charge in [0.15, 0.2) is 5.12 Å². The maximum atomic E-state index is 14.6. The molecule has 0 N–H and O–H groups in total. The third-order valence-electron chi connectivity index (χ3n) is 11.1. The Morgan fingerprint density at radius 3 is 2.10 bits per heavy atom. The van der Waals surface area contributed by atoms with Gasteiger partial charge >= 0.3 is 0 Å². The molecule has 0 aromatic heterocycles. The predicted molar refractivity (Wildman–Crippen MR) is 160 cm³/mol. The molecule has 0 saturated heterocycles. The Morgan fingerprint density at radius 2 is 1.56 bits per heavy atom. The van der Waals surface area contributed by atoms with Gasteiger partial charge < -0.3 is 4.74 Å². The van der Waals surface area contributed by atoms with Gasteiger partial charge in [-0.2, -0.15) is 4.31 Å². The Kier molecular flexibility index (Phi) is 9.22. The van der Waals surface area contributed by atoms with E-state index in [-0.39, 0.29) is 45.1 Å². The van der Waals surface area contributed by atoms with Gasteiger partial charge in [-0.05, 0) is 61.8 Å². The molecular formula is C32H49NO4S2. The molecule has 4 saturated carbocycles. The highest BCUT2D eigenvalue weighted by Gasteiger charge is 2.66. The fraction of sp³-hybridized carbons (Fsp3) is 0.781. The lowest BCUT2D eigenvalue weighted by Gasteiger charge is -2.46. The van der Waals surface area contributed by atoms with Crippen molar-refractivity contribution in [3.8, 4) is 0 Å². The van der Waals surface area contributed by atoms with Crippen LogP contribution in [0.5, 0.6) is 0 Å². The van der Waals surface area contributed by atoms with E-state index in [9.17, 15) is 13.2 Å². The maximum absolute atomic E-state index is 14.6. The number of benzene rings is 1. The minimum Gasteiger partial charge on any atom is -0.376 e. The van der Waals surface area contributed by atoms with Crippen LogP contribution in [0.4, 0.5) is 0 Å². The zero-order chi connectivity index (χ0) is 27.7. The number of carbonyl (C=O) groups is 1. The normalized spacial score (nSPS) is 30.6. The SMILES string of the molecule is COC(CC(=O)SC1CC2CCC1(CS(=O)(=O)N(C1CCCCC1)C1CCCCC1)C2(C)C)c1ccccc1. The molecule has 2 bridgehead atoms. The monoisotopic (exact) mass is 575 g/mol. The van der Waals surface area contributed by atoms with Crippen molar-refractivity contribution in [2.45, 2.75) is 127 Å². The van der Waals surface area contributed by atoms with Crippen molar-refractivity contribution in [3.63, 3.8) is 0 Å². The van der Waals surface area contributed by atoms with Crippen LogP contribution in [0.15, 0.2) is 30.3 Å². The van der Waals surface area contributed by atoms with E-state index >= 15 is 0 Å². The lowest BCUT2D eigenvalue weighted by atomic mass is 9.70. The summed E-state index contributed by atoms with van der Waals surface area (Å²) >= 11 is 1.43. The highest BCUT2D eigenvalue weighted by molar-refractivity contribution is 8.14. The van der Waals surface area contributed by atoms with Crippen molar-refractivity contribution in [2.75, 3.05) is 12.9 Å². The molecule has 0 spiro atoms. The number of thioether (sulfide) groups is 1. The molecule has 5 rings (SSSR count). The van der Waals surface area contributed by atoms with E-state index in [1.165, 1.54) is 24.6 Å². The average molecular weight is 576 g/mol. The van der Waals surface area contributed by atoms with Crippen molar-refractivity contribution < 1.29 is 17.9 Å². The lowest BCUT2D eigenvalue weighted by molar-refractivity contribution is -0.113. The number of hydrogen-bond acceptors (Lipinski definition) is 5. The van der Waals surface area contributed by atoms with Crippen molar-refractivity contribution >= 4 is 26.9 Å².